The second-order valence-electron chi connectivity index (χ2n) is 5.44. The maximum atomic E-state index is 12.6. The van der Waals surface area contributed by atoms with Crippen LogP contribution in [0.1, 0.15) is 6.42 Å². The number of pyridine rings is 1. The molecule has 3 rings (SSSR count). The number of fused-ring (bicyclic) bond motifs is 1. The molecule has 0 aliphatic carbocycles. The number of carboxylic acids is 1. The van der Waals surface area contributed by atoms with Crippen LogP contribution in [0.15, 0.2) is 24.5 Å². The fourth-order valence-corrected chi connectivity index (χ4v) is 3.23. The molecular weight excluding hydrogens is 258 g/mol. The van der Waals surface area contributed by atoms with Gasteiger partial charge in [-0.25, -0.2) is 0 Å². The lowest BCUT2D eigenvalue weighted by Crippen LogP contribution is -2.45. The molecule has 20 heavy (non-hydrogen) atoms. The summed E-state index contributed by atoms with van der Waals surface area (Å²) in [5, 5.41) is 8.86. The van der Waals surface area contributed by atoms with Crippen molar-refractivity contribution >= 4 is 17.6 Å². The van der Waals surface area contributed by atoms with E-state index in [9.17, 15) is 9.59 Å². The molecule has 3 heterocycles. The Bertz CT molecular complexity index is 520. The molecule has 1 aromatic heterocycles. The minimum atomic E-state index is -0.833. The van der Waals surface area contributed by atoms with Crippen LogP contribution >= 0.6 is 0 Å². The normalized spacial score (nSPS) is 26.6. The van der Waals surface area contributed by atoms with Crippen molar-refractivity contribution in [1.29, 1.82) is 0 Å². The molecule has 0 radical (unpaired) electrons. The average Bonchev–Trinajstić information content (AvgIpc) is 2.83. The molecule has 2 saturated heterocycles. The molecule has 2 fully saturated rings. The number of nitrogens with zero attached hydrogens (tertiary/aromatic N) is 3. The van der Waals surface area contributed by atoms with Gasteiger partial charge in [0.15, 0.2) is 0 Å². The summed E-state index contributed by atoms with van der Waals surface area (Å²) < 4.78 is 0. The zero-order valence-corrected chi connectivity index (χ0v) is 11.1. The number of carbonyl (C=O) groups is 2. The van der Waals surface area contributed by atoms with Crippen molar-refractivity contribution < 1.29 is 14.7 Å². The van der Waals surface area contributed by atoms with Crippen molar-refractivity contribution in [3.8, 4) is 0 Å². The van der Waals surface area contributed by atoms with Gasteiger partial charge in [-0.05, 0) is 24.5 Å². The van der Waals surface area contributed by atoms with E-state index in [0.717, 1.165) is 12.1 Å². The largest absolute Gasteiger partial charge is 0.480 e. The predicted molar refractivity (Wildman–Crippen MR) is 72.3 cm³/mol. The number of rotatable bonds is 3. The van der Waals surface area contributed by atoms with Crippen molar-refractivity contribution in [2.45, 2.75) is 6.42 Å². The third kappa shape index (κ3) is 2.38. The standard InChI is InChI=1S/C14H17N3O3/c18-13(19)9-16-7-10-3-5-17(14(20)12(10)8-16)11-2-1-4-15-6-11/h1-2,4,6,10,12H,3,5,7-9H2,(H,18,19)/t10-,12-/m1/s1. The van der Waals surface area contributed by atoms with Gasteiger partial charge in [0.1, 0.15) is 0 Å². The molecular formula is C14H17N3O3. The van der Waals surface area contributed by atoms with Gasteiger partial charge in [0.25, 0.3) is 0 Å². The third-order valence-electron chi connectivity index (χ3n) is 4.14. The van der Waals surface area contributed by atoms with Gasteiger partial charge in [0.2, 0.25) is 5.91 Å². The number of piperidine rings is 1. The fraction of sp³-hybridized carbons (Fsp3) is 0.500. The zero-order valence-electron chi connectivity index (χ0n) is 11.1. The Morgan fingerprint density at radius 2 is 2.30 bits per heavy atom. The van der Waals surface area contributed by atoms with Crippen LogP contribution < -0.4 is 4.90 Å². The SMILES string of the molecule is O=C(O)CN1C[C@H]2CCN(c3cccnc3)C(=O)[C@@H]2C1. The summed E-state index contributed by atoms with van der Waals surface area (Å²) >= 11 is 0. The van der Waals surface area contributed by atoms with E-state index in [2.05, 4.69) is 4.98 Å². The number of carboxylic acid groups (broad SMARTS) is 1. The van der Waals surface area contributed by atoms with E-state index in [1.807, 2.05) is 17.0 Å². The molecule has 0 saturated carbocycles. The molecule has 0 bridgehead atoms. The molecule has 0 aromatic carbocycles. The first kappa shape index (κ1) is 13.1. The van der Waals surface area contributed by atoms with Crippen molar-refractivity contribution in [1.82, 2.24) is 9.88 Å². The molecule has 1 amide bonds. The Labute approximate surface area is 117 Å². The van der Waals surface area contributed by atoms with Crippen molar-refractivity contribution in [2.24, 2.45) is 11.8 Å². The lowest BCUT2D eigenvalue weighted by molar-refractivity contribution is -0.138. The lowest BCUT2D eigenvalue weighted by Gasteiger charge is -2.33. The van der Waals surface area contributed by atoms with E-state index < -0.39 is 5.97 Å². The third-order valence-corrected chi connectivity index (χ3v) is 4.14. The molecule has 2 aliphatic heterocycles. The summed E-state index contributed by atoms with van der Waals surface area (Å²) in [6, 6.07) is 3.70. The fourth-order valence-electron chi connectivity index (χ4n) is 3.23. The van der Waals surface area contributed by atoms with Crippen LogP contribution in [0, 0.1) is 11.8 Å². The van der Waals surface area contributed by atoms with Gasteiger partial charge in [0, 0.05) is 25.8 Å². The Balaban J connectivity index is 1.73. The number of hydrogen-bond donors (Lipinski definition) is 1. The zero-order chi connectivity index (χ0) is 14.1. The number of aromatic nitrogens is 1. The highest BCUT2D eigenvalue weighted by Crippen LogP contribution is 2.33. The first-order chi connectivity index (χ1) is 9.65. The summed E-state index contributed by atoms with van der Waals surface area (Å²) in [4.78, 5) is 31.0. The van der Waals surface area contributed by atoms with E-state index in [-0.39, 0.29) is 24.3 Å². The average molecular weight is 275 g/mol. The van der Waals surface area contributed by atoms with Crippen LogP contribution in [0.25, 0.3) is 0 Å². The van der Waals surface area contributed by atoms with Crippen LogP contribution in [0.5, 0.6) is 0 Å². The van der Waals surface area contributed by atoms with Crippen LogP contribution in [-0.4, -0.2) is 53.0 Å². The number of amides is 1. The van der Waals surface area contributed by atoms with Gasteiger partial charge >= 0.3 is 5.97 Å². The van der Waals surface area contributed by atoms with Crippen LogP contribution in [0.2, 0.25) is 0 Å². The Hall–Kier alpha value is -1.95. The smallest absolute Gasteiger partial charge is 0.317 e. The highest BCUT2D eigenvalue weighted by Gasteiger charge is 2.43. The van der Waals surface area contributed by atoms with Crippen LogP contribution in [-0.2, 0) is 9.59 Å². The van der Waals surface area contributed by atoms with E-state index in [4.69, 9.17) is 5.11 Å². The summed E-state index contributed by atoms with van der Waals surface area (Å²) in [7, 11) is 0. The van der Waals surface area contributed by atoms with Gasteiger partial charge in [-0.3, -0.25) is 19.5 Å². The Morgan fingerprint density at radius 3 is 3.00 bits per heavy atom. The quantitative estimate of drug-likeness (QED) is 0.867. The van der Waals surface area contributed by atoms with Gasteiger partial charge < -0.3 is 10.0 Å². The molecule has 106 valence electrons. The van der Waals surface area contributed by atoms with Gasteiger partial charge in [-0.2, -0.15) is 0 Å². The van der Waals surface area contributed by atoms with E-state index in [0.29, 0.717) is 19.6 Å². The molecule has 6 heteroatoms. The van der Waals surface area contributed by atoms with Crippen LogP contribution in [0.4, 0.5) is 5.69 Å². The monoisotopic (exact) mass is 275 g/mol. The summed E-state index contributed by atoms with van der Waals surface area (Å²) in [6.07, 6.45) is 4.30. The number of aliphatic carboxylic acids is 1. The molecule has 0 unspecified atom stereocenters. The molecule has 2 atom stereocenters. The van der Waals surface area contributed by atoms with E-state index in [1.54, 1.807) is 17.3 Å². The first-order valence-electron chi connectivity index (χ1n) is 6.80. The second-order valence-corrected chi connectivity index (χ2v) is 5.44. The molecule has 2 aliphatic rings. The highest BCUT2D eigenvalue weighted by molar-refractivity contribution is 5.96. The highest BCUT2D eigenvalue weighted by atomic mass is 16.4. The molecule has 6 nitrogen and oxygen atoms in total. The first-order valence-corrected chi connectivity index (χ1v) is 6.80. The Morgan fingerprint density at radius 1 is 1.45 bits per heavy atom. The maximum absolute atomic E-state index is 12.6. The van der Waals surface area contributed by atoms with Gasteiger partial charge in [-0.15, -0.1) is 0 Å². The predicted octanol–water partition coefficient (Wildman–Crippen LogP) is 0.451. The Kier molecular flexibility index (Phi) is 3.40. The summed E-state index contributed by atoms with van der Waals surface area (Å²) in [6.45, 7) is 1.97. The minimum Gasteiger partial charge on any atom is -0.480 e. The summed E-state index contributed by atoms with van der Waals surface area (Å²) in [5.74, 6) is -0.527. The lowest BCUT2D eigenvalue weighted by atomic mass is 9.88. The van der Waals surface area contributed by atoms with E-state index in [1.165, 1.54) is 0 Å². The molecule has 1 aromatic rings. The van der Waals surface area contributed by atoms with Crippen molar-refractivity contribution in [3.05, 3.63) is 24.5 Å². The van der Waals surface area contributed by atoms with Crippen molar-refractivity contribution in [2.75, 3.05) is 31.1 Å². The number of anilines is 1. The minimum absolute atomic E-state index is 0.0210. The molecule has 0 spiro atoms. The summed E-state index contributed by atoms with van der Waals surface area (Å²) in [5.41, 5.74) is 0.827. The van der Waals surface area contributed by atoms with Gasteiger partial charge in [0.05, 0.1) is 24.3 Å². The number of carbonyl (C=O) groups excluding carboxylic acids is 1. The van der Waals surface area contributed by atoms with Crippen LogP contribution in [0.3, 0.4) is 0 Å². The topological polar surface area (TPSA) is 73.7 Å². The number of hydrogen-bond acceptors (Lipinski definition) is 4. The van der Waals surface area contributed by atoms with Gasteiger partial charge in [-0.1, -0.05) is 0 Å². The number of likely N-dealkylation sites (tertiary alicyclic amines) is 1. The van der Waals surface area contributed by atoms with Crippen molar-refractivity contribution in [3.63, 3.8) is 0 Å². The maximum Gasteiger partial charge on any atom is 0.317 e. The van der Waals surface area contributed by atoms with E-state index >= 15 is 0 Å². The second kappa shape index (κ2) is 5.20. The molecule has 1 N–H and O–H groups in total.